The van der Waals surface area contributed by atoms with Crippen molar-refractivity contribution in [3.63, 3.8) is 0 Å². The third-order valence-electron chi connectivity index (χ3n) is 3.69. The summed E-state index contributed by atoms with van der Waals surface area (Å²) in [4.78, 5) is 25.6. The number of anilines is 1. The minimum atomic E-state index is -1.01. The fraction of sp³-hybridized carbons (Fsp3) is 0.538. The summed E-state index contributed by atoms with van der Waals surface area (Å²) in [6.07, 6.45) is 5.99. The molecule has 0 radical (unpaired) electrons. The molecule has 7 heteroatoms. The molecule has 0 aliphatic heterocycles. The molecule has 20 heavy (non-hydrogen) atoms. The second kappa shape index (κ2) is 5.85. The van der Waals surface area contributed by atoms with Crippen LogP contribution in [0.4, 0.5) is 11.5 Å². The van der Waals surface area contributed by atoms with Gasteiger partial charge in [-0.15, -0.1) is 0 Å². The number of rotatable bonds is 4. The Hall–Kier alpha value is -2.18. The van der Waals surface area contributed by atoms with Crippen molar-refractivity contribution < 1.29 is 14.8 Å². The maximum Gasteiger partial charge on any atom is 0.329 e. The number of carboxylic acids is 1. The molecule has 0 amide bonds. The first-order valence-corrected chi connectivity index (χ1v) is 6.65. The number of pyridine rings is 1. The molecule has 1 fully saturated rings. The largest absolute Gasteiger partial charge is 0.480 e. The monoisotopic (exact) mass is 279 g/mol. The van der Waals surface area contributed by atoms with Crippen LogP contribution in [0, 0.1) is 10.1 Å². The lowest BCUT2D eigenvalue weighted by atomic mass is 9.90. The summed E-state index contributed by atoms with van der Waals surface area (Å²) in [5.74, 6) is -0.528. The van der Waals surface area contributed by atoms with Gasteiger partial charge in [-0.3, -0.25) is 10.1 Å². The van der Waals surface area contributed by atoms with Gasteiger partial charge >= 0.3 is 5.97 Å². The van der Waals surface area contributed by atoms with Crippen molar-refractivity contribution in [2.75, 3.05) is 5.32 Å². The molecule has 1 saturated carbocycles. The lowest BCUT2D eigenvalue weighted by Gasteiger charge is -2.29. The van der Waals surface area contributed by atoms with Gasteiger partial charge in [-0.25, -0.2) is 9.78 Å². The van der Waals surface area contributed by atoms with E-state index in [1.165, 1.54) is 12.1 Å². The molecule has 1 aromatic heterocycles. The molecule has 0 unspecified atom stereocenters. The molecule has 0 spiro atoms. The number of nitro groups is 1. The van der Waals surface area contributed by atoms with Crippen LogP contribution in [-0.4, -0.2) is 26.5 Å². The van der Waals surface area contributed by atoms with Crippen molar-refractivity contribution in [2.45, 2.75) is 44.1 Å². The SMILES string of the molecule is O=C(O)C1(Nc2ccc([N+](=O)[O-])cn2)CCCCCC1. The number of aromatic nitrogens is 1. The number of carbonyl (C=O) groups is 1. The minimum Gasteiger partial charge on any atom is -0.480 e. The predicted molar refractivity (Wildman–Crippen MR) is 72.6 cm³/mol. The molecule has 1 aromatic rings. The molecule has 7 nitrogen and oxygen atoms in total. The van der Waals surface area contributed by atoms with E-state index < -0.39 is 16.4 Å². The Bertz CT molecular complexity index is 493. The highest BCUT2D eigenvalue weighted by Crippen LogP contribution is 2.30. The van der Waals surface area contributed by atoms with Crippen molar-refractivity contribution in [1.82, 2.24) is 4.98 Å². The second-order valence-corrected chi connectivity index (χ2v) is 5.09. The van der Waals surface area contributed by atoms with Gasteiger partial charge in [0.2, 0.25) is 0 Å². The molecule has 2 N–H and O–H groups in total. The van der Waals surface area contributed by atoms with Crippen LogP contribution < -0.4 is 5.32 Å². The average molecular weight is 279 g/mol. The Labute approximate surface area is 116 Å². The van der Waals surface area contributed by atoms with Gasteiger partial charge in [0.1, 0.15) is 17.6 Å². The van der Waals surface area contributed by atoms with Crippen LogP contribution in [0.3, 0.4) is 0 Å². The summed E-state index contributed by atoms with van der Waals surface area (Å²) in [5.41, 5.74) is -1.12. The van der Waals surface area contributed by atoms with Gasteiger partial charge in [-0.05, 0) is 18.9 Å². The fourth-order valence-corrected chi connectivity index (χ4v) is 2.54. The first-order valence-electron chi connectivity index (χ1n) is 6.65. The summed E-state index contributed by atoms with van der Waals surface area (Å²) >= 11 is 0. The van der Waals surface area contributed by atoms with E-state index in [4.69, 9.17) is 0 Å². The fourth-order valence-electron chi connectivity index (χ4n) is 2.54. The minimum absolute atomic E-state index is 0.110. The van der Waals surface area contributed by atoms with E-state index >= 15 is 0 Å². The van der Waals surface area contributed by atoms with Crippen molar-refractivity contribution >= 4 is 17.5 Å². The molecular weight excluding hydrogens is 262 g/mol. The van der Waals surface area contributed by atoms with Crippen LogP contribution >= 0.6 is 0 Å². The first kappa shape index (κ1) is 14.2. The molecule has 0 bridgehead atoms. The number of hydrogen-bond acceptors (Lipinski definition) is 5. The summed E-state index contributed by atoms with van der Waals surface area (Å²) in [6.45, 7) is 0. The highest BCUT2D eigenvalue weighted by Gasteiger charge is 2.38. The third-order valence-corrected chi connectivity index (χ3v) is 3.69. The Balaban J connectivity index is 2.19. The summed E-state index contributed by atoms with van der Waals surface area (Å²) in [7, 11) is 0. The summed E-state index contributed by atoms with van der Waals surface area (Å²) in [6, 6.07) is 2.77. The number of nitrogens with one attached hydrogen (secondary N) is 1. The van der Waals surface area contributed by atoms with E-state index in [1.54, 1.807) is 0 Å². The third kappa shape index (κ3) is 3.04. The average Bonchev–Trinajstić information content (AvgIpc) is 2.66. The Morgan fingerprint density at radius 3 is 2.40 bits per heavy atom. The van der Waals surface area contributed by atoms with Crippen LogP contribution in [0.15, 0.2) is 18.3 Å². The number of hydrogen-bond donors (Lipinski definition) is 2. The summed E-state index contributed by atoms with van der Waals surface area (Å²) in [5, 5.41) is 23.1. The van der Waals surface area contributed by atoms with E-state index in [1.807, 2.05) is 0 Å². The van der Waals surface area contributed by atoms with Gasteiger partial charge in [-0.1, -0.05) is 25.7 Å². The zero-order chi connectivity index (χ0) is 14.6. The number of aliphatic carboxylic acids is 1. The predicted octanol–water partition coefficient (Wildman–Crippen LogP) is 2.58. The zero-order valence-electron chi connectivity index (χ0n) is 11.0. The zero-order valence-corrected chi connectivity index (χ0v) is 11.0. The van der Waals surface area contributed by atoms with Gasteiger partial charge in [0.25, 0.3) is 5.69 Å². The number of carboxylic acid groups (broad SMARTS) is 1. The first-order chi connectivity index (χ1) is 9.53. The highest BCUT2D eigenvalue weighted by molar-refractivity contribution is 5.82. The van der Waals surface area contributed by atoms with Gasteiger partial charge in [0, 0.05) is 6.07 Å². The van der Waals surface area contributed by atoms with Gasteiger partial charge in [-0.2, -0.15) is 0 Å². The van der Waals surface area contributed by atoms with E-state index in [0.717, 1.165) is 31.9 Å². The molecular formula is C13H17N3O4. The van der Waals surface area contributed by atoms with Crippen LogP contribution in [0.1, 0.15) is 38.5 Å². The molecule has 0 atom stereocenters. The van der Waals surface area contributed by atoms with Gasteiger partial charge in [0.05, 0.1) is 4.92 Å². The van der Waals surface area contributed by atoms with E-state index in [-0.39, 0.29) is 5.69 Å². The maximum atomic E-state index is 11.6. The summed E-state index contributed by atoms with van der Waals surface area (Å²) < 4.78 is 0. The Kier molecular flexibility index (Phi) is 4.16. The van der Waals surface area contributed by atoms with Crippen molar-refractivity contribution in [1.29, 1.82) is 0 Å². The lowest BCUT2D eigenvalue weighted by Crippen LogP contribution is -2.46. The lowest BCUT2D eigenvalue weighted by molar-refractivity contribution is -0.385. The smallest absolute Gasteiger partial charge is 0.329 e. The number of nitrogens with zero attached hydrogens (tertiary/aromatic N) is 2. The second-order valence-electron chi connectivity index (χ2n) is 5.09. The van der Waals surface area contributed by atoms with Crippen LogP contribution in [0.25, 0.3) is 0 Å². The molecule has 108 valence electrons. The molecule has 1 aliphatic rings. The van der Waals surface area contributed by atoms with E-state index in [0.29, 0.717) is 18.7 Å². The molecule has 0 saturated heterocycles. The molecule has 0 aromatic carbocycles. The van der Waals surface area contributed by atoms with Crippen molar-refractivity contribution in [3.8, 4) is 0 Å². The topological polar surface area (TPSA) is 105 Å². The van der Waals surface area contributed by atoms with Crippen LogP contribution in [-0.2, 0) is 4.79 Å². The molecule has 1 aliphatic carbocycles. The Morgan fingerprint density at radius 2 is 1.95 bits per heavy atom. The maximum absolute atomic E-state index is 11.6. The van der Waals surface area contributed by atoms with Gasteiger partial charge < -0.3 is 10.4 Å². The normalized spacial score (nSPS) is 18.0. The van der Waals surface area contributed by atoms with Crippen molar-refractivity contribution in [3.05, 3.63) is 28.4 Å². The van der Waals surface area contributed by atoms with Gasteiger partial charge in [0.15, 0.2) is 0 Å². The standard InChI is InChI=1S/C13H17N3O4/c17-12(18)13(7-3-1-2-4-8-13)15-11-6-5-10(9-14-11)16(19)20/h5-6,9H,1-4,7-8H2,(H,14,15)(H,17,18). The van der Waals surface area contributed by atoms with Crippen LogP contribution in [0.5, 0.6) is 0 Å². The van der Waals surface area contributed by atoms with E-state index in [2.05, 4.69) is 10.3 Å². The molecule has 2 rings (SSSR count). The Morgan fingerprint density at radius 1 is 1.30 bits per heavy atom. The quantitative estimate of drug-likeness (QED) is 0.498. The van der Waals surface area contributed by atoms with E-state index in [9.17, 15) is 20.0 Å². The highest BCUT2D eigenvalue weighted by atomic mass is 16.6. The van der Waals surface area contributed by atoms with Crippen molar-refractivity contribution in [2.24, 2.45) is 0 Å². The van der Waals surface area contributed by atoms with Crippen LogP contribution in [0.2, 0.25) is 0 Å². The molecule has 1 heterocycles.